The van der Waals surface area contributed by atoms with E-state index in [1.54, 1.807) is 18.3 Å². The van der Waals surface area contributed by atoms with Crippen LogP contribution in [0.2, 0.25) is 0 Å². The van der Waals surface area contributed by atoms with E-state index in [1.807, 2.05) is 10.9 Å². The molecule has 0 spiro atoms. The monoisotopic (exact) mass is 322 g/mol. The summed E-state index contributed by atoms with van der Waals surface area (Å²) < 4.78 is 15.0. The van der Waals surface area contributed by atoms with Gasteiger partial charge in [-0.3, -0.25) is 9.66 Å². The third-order valence-corrected chi connectivity index (χ3v) is 4.36. The van der Waals surface area contributed by atoms with E-state index in [-0.39, 0.29) is 5.82 Å². The zero-order valence-electron chi connectivity index (χ0n) is 13.8. The smallest absolute Gasteiger partial charge is 0.123 e. The standard InChI is InChI=1S/C19H19FN4/c1-13-14(2)24(18-12-22-11-16(7-9-21)19(13)18)23-10-8-15-3-5-17(20)6-4-15/h3-6,11-12,23H,7-8,10H2,1-2H3. The average molecular weight is 322 g/mol. The molecule has 1 N–H and O–H groups in total. The Labute approximate surface area is 140 Å². The summed E-state index contributed by atoms with van der Waals surface area (Å²) in [4.78, 5) is 4.27. The minimum atomic E-state index is -0.217. The molecule has 0 unspecified atom stereocenters. The van der Waals surface area contributed by atoms with Gasteiger partial charge in [-0.15, -0.1) is 0 Å². The van der Waals surface area contributed by atoms with E-state index in [9.17, 15) is 4.39 Å². The second-order valence-corrected chi connectivity index (χ2v) is 5.86. The van der Waals surface area contributed by atoms with E-state index >= 15 is 0 Å². The molecule has 0 fully saturated rings. The van der Waals surface area contributed by atoms with Crippen molar-refractivity contribution in [2.75, 3.05) is 12.0 Å². The predicted molar refractivity (Wildman–Crippen MR) is 92.9 cm³/mol. The fourth-order valence-corrected chi connectivity index (χ4v) is 3.01. The molecule has 0 aliphatic carbocycles. The number of aromatic nitrogens is 2. The maximum atomic E-state index is 13.0. The van der Waals surface area contributed by atoms with Crippen LogP contribution in [0, 0.1) is 31.0 Å². The molecule has 0 aliphatic heterocycles. The van der Waals surface area contributed by atoms with Crippen molar-refractivity contribution >= 4 is 10.9 Å². The molecule has 0 aliphatic rings. The Kier molecular flexibility index (Phi) is 4.48. The van der Waals surface area contributed by atoms with E-state index in [4.69, 9.17) is 5.26 Å². The summed E-state index contributed by atoms with van der Waals surface area (Å²) in [5.41, 5.74) is 8.69. The van der Waals surface area contributed by atoms with E-state index in [0.717, 1.165) is 46.3 Å². The van der Waals surface area contributed by atoms with Gasteiger partial charge in [0.2, 0.25) is 0 Å². The minimum Gasteiger partial charge on any atom is -0.325 e. The number of hydrogen-bond acceptors (Lipinski definition) is 3. The SMILES string of the molecule is Cc1c(C)n(NCCc2ccc(F)cc2)c2cncc(CC#N)c12. The van der Waals surface area contributed by atoms with Gasteiger partial charge in [0.05, 0.1) is 24.2 Å². The molecule has 0 saturated heterocycles. The second-order valence-electron chi connectivity index (χ2n) is 5.86. The molecule has 2 heterocycles. The fraction of sp³-hybridized carbons (Fsp3) is 0.263. The molecule has 3 rings (SSSR count). The summed E-state index contributed by atoms with van der Waals surface area (Å²) in [7, 11) is 0. The predicted octanol–water partition coefficient (Wildman–Crippen LogP) is 3.64. The molecule has 0 amide bonds. The molecular weight excluding hydrogens is 303 g/mol. The molecule has 1 aromatic carbocycles. The van der Waals surface area contributed by atoms with Crippen molar-refractivity contribution in [3.8, 4) is 6.07 Å². The van der Waals surface area contributed by atoms with Crippen LogP contribution in [0.15, 0.2) is 36.7 Å². The summed E-state index contributed by atoms with van der Waals surface area (Å²) in [5.74, 6) is -0.217. The van der Waals surface area contributed by atoms with Crippen molar-refractivity contribution in [1.29, 1.82) is 5.26 Å². The van der Waals surface area contributed by atoms with Gasteiger partial charge in [0.25, 0.3) is 0 Å². The Morgan fingerprint density at radius 2 is 1.96 bits per heavy atom. The molecule has 0 atom stereocenters. The number of nitrogens with zero attached hydrogens (tertiary/aromatic N) is 3. The van der Waals surface area contributed by atoms with Gasteiger partial charge in [-0.05, 0) is 49.1 Å². The van der Waals surface area contributed by atoms with Gasteiger partial charge in [-0.2, -0.15) is 5.26 Å². The number of fused-ring (bicyclic) bond motifs is 1. The van der Waals surface area contributed by atoms with Crippen LogP contribution in [0.1, 0.15) is 22.4 Å². The third-order valence-electron chi connectivity index (χ3n) is 4.36. The van der Waals surface area contributed by atoms with Crippen LogP contribution in [-0.2, 0) is 12.8 Å². The van der Waals surface area contributed by atoms with Gasteiger partial charge in [0.1, 0.15) is 5.82 Å². The molecule has 0 radical (unpaired) electrons. The Morgan fingerprint density at radius 1 is 1.21 bits per heavy atom. The van der Waals surface area contributed by atoms with E-state index in [1.165, 1.54) is 12.1 Å². The Bertz CT molecular complexity index is 904. The van der Waals surface area contributed by atoms with E-state index < -0.39 is 0 Å². The fourth-order valence-electron chi connectivity index (χ4n) is 3.01. The van der Waals surface area contributed by atoms with Gasteiger partial charge in [-0.25, -0.2) is 4.39 Å². The summed E-state index contributed by atoms with van der Waals surface area (Å²) >= 11 is 0. The summed E-state index contributed by atoms with van der Waals surface area (Å²) in [6.07, 6.45) is 4.73. The number of rotatable bonds is 5. The topological polar surface area (TPSA) is 53.6 Å². The highest BCUT2D eigenvalue weighted by atomic mass is 19.1. The summed E-state index contributed by atoms with van der Waals surface area (Å²) in [5, 5.41) is 10.1. The molecule has 0 saturated carbocycles. The number of aryl methyl sites for hydroxylation is 1. The molecule has 5 heteroatoms. The van der Waals surface area contributed by atoms with Crippen LogP contribution < -0.4 is 5.43 Å². The van der Waals surface area contributed by atoms with Gasteiger partial charge >= 0.3 is 0 Å². The highest BCUT2D eigenvalue weighted by Crippen LogP contribution is 2.26. The first-order valence-electron chi connectivity index (χ1n) is 7.91. The Balaban J connectivity index is 1.84. The zero-order valence-corrected chi connectivity index (χ0v) is 13.8. The van der Waals surface area contributed by atoms with Crippen molar-refractivity contribution in [1.82, 2.24) is 9.66 Å². The second kappa shape index (κ2) is 6.71. The van der Waals surface area contributed by atoms with Gasteiger partial charge < -0.3 is 5.43 Å². The number of benzene rings is 1. The lowest BCUT2D eigenvalue weighted by Crippen LogP contribution is -2.18. The van der Waals surface area contributed by atoms with Crippen LogP contribution >= 0.6 is 0 Å². The van der Waals surface area contributed by atoms with E-state index in [2.05, 4.69) is 30.3 Å². The maximum Gasteiger partial charge on any atom is 0.123 e. The van der Waals surface area contributed by atoms with Crippen LogP contribution in [0.5, 0.6) is 0 Å². The summed E-state index contributed by atoms with van der Waals surface area (Å²) in [6.45, 7) is 4.84. The van der Waals surface area contributed by atoms with Crippen molar-refractivity contribution in [3.63, 3.8) is 0 Å². The molecule has 24 heavy (non-hydrogen) atoms. The minimum absolute atomic E-state index is 0.217. The van der Waals surface area contributed by atoms with E-state index in [0.29, 0.717) is 6.42 Å². The number of halogens is 1. The maximum absolute atomic E-state index is 13.0. The van der Waals surface area contributed by atoms with Crippen molar-refractivity contribution in [2.45, 2.75) is 26.7 Å². The van der Waals surface area contributed by atoms with Crippen LogP contribution in [0.3, 0.4) is 0 Å². The first-order chi connectivity index (χ1) is 11.6. The largest absolute Gasteiger partial charge is 0.325 e. The summed E-state index contributed by atoms with van der Waals surface area (Å²) in [6, 6.07) is 8.76. The third kappa shape index (κ3) is 2.95. The number of pyridine rings is 1. The quantitative estimate of drug-likeness (QED) is 0.780. The Morgan fingerprint density at radius 3 is 2.67 bits per heavy atom. The van der Waals surface area contributed by atoms with Crippen molar-refractivity contribution < 1.29 is 4.39 Å². The first kappa shape index (κ1) is 16.0. The first-order valence-corrected chi connectivity index (χ1v) is 7.91. The van der Waals surface area contributed by atoms with Gasteiger partial charge in [-0.1, -0.05) is 12.1 Å². The zero-order chi connectivity index (χ0) is 17.1. The van der Waals surface area contributed by atoms with Crippen molar-refractivity contribution in [3.05, 3.63) is 64.9 Å². The Hall–Kier alpha value is -2.87. The van der Waals surface area contributed by atoms with Crippen molar-refractivity contribution in [2.24, 2.45) is 0 Å². The number of nitriles is 1. The molecule has 3 aromatic rings. The van der Waals surface area contributed by atoms with Crippen LogP contribution in [0.4, 0.5) is 4.39 Å². The molecule has 122 valence electrons. The molecular formula is C19H19FN4. The lowest BCUT2D eigenvalue weighted by atomic mass is 10.1. The number of nitrogens with one attached hydrogen (secondary N) is 1. The molecule has 2 aromatic heterocycles. The average Bonchev–Trinajstić information content (AvgIpc) is 2.83. The van der Waals surface area contributed by atoms with Gasteiger partial charge in [0, 0.05) is 23.8 Å². The number of hydrogen-bond donors (Lipinski definition) is 1. The molecule has 4 nitrogen and oxygen atoms in total. The van der Waals surface area contributed by atoms with Gasteiger partial charge in [0.15, 0.2) is 0 Å². The lowest BCUT2D eigenvalue weighted by molar-refractivity contribution is 0.627. The highest BCUT2D eigenvalue weighted by molar-refractivity contribution is 5.88. The lowest BCUT2D eigenvalue weighted by Gasteiger charge is -2.12. The molecule has 0 bridgehead atoms. The van der Waals surface area contributed by atoms with Crippen LogP contribution in [-0.4, -0.2) is 16.2 Å². The van der Waals surface area contributed by atoms with Crippen LogP contribution in [0.25, 0.3) is 10.9 Å². The normalized spacial score (nSPS) is 10.8. The highest BCUT2D eigenvalue weighted by Gasteiger charge is 2.14.